The van der Waals surface area contributed by atoms with Crippen molar-refractivity contribution >= 4 is 80.8 Å². The van der Waals surface area contributed by atoms with Gasteiger partial charge in [0.2, 0.25) is 0 Å². The Kier molecular flexibility index (Phi) is 15.5. The molecule has 0 saturated heterocycles. The van der Waals surface area contributed by atoms with Gasteiger partial charge in [-0.05, 0) is 53.3 Å². The lowest BCUT2D eigenvalue weighted by molar-refractivity contribution is 1.12. The zero-order valence-corrected chi connectivity index (χ0v) is 19.4. The zero-order valence-electron chi connectivity index (χ0n) is 9.22. The summed E-state index contributed by atoms with van der Waals surface area (Å²) in [5, 5.41) is 0. The smallest absolute Gasteiger partial charge is 0.0215 e. The van der Waals surface area contributed by atoms with Crippen LogP contribution in [0.2, 0.25) is 0 Å². The summed E-state index contributed by atoms with van der Waals surface area (Å²) in [7, 11) is 15.2. The normalized spacial score (nSPS) is 19.4. The van der Waals surface area contributed by atoms with E-state index in [0.29, 0.717) is 14.3 Å². The molecule has 0 heterocycles. The Bertz CT molecular complexity index is 149. The van der Waals surface area contributed by atoms with Crippen molar-refractivity contribution in [1.29, 1.82) is 0 Å². The van der Waals surface area contributed by atoms with E-state index >= 15 is 0 Å². The molecule has 0 aliphatic carbocycles. The fourth-order valence-corrected chi connectivity index (χ4v) is 67.8. The van der Waals surface area contributed by atoms with Crippen molar-refractivity contribution in [3.05, 3.63) is 0 Å². The molecular formula is C5H22P10. The molecule has 9 unspecified atom stereocenters. The maximum absolute atomic E-state index is 3.11. The molecule has 0 radical (unpaired) electrons. The van der Waals surface area contributed by atoms with Gasteiger partial charge in [0, 0.05) is 0 Å². The summed E-state index contributed by atoms with van der Waals surface area (Å²) in [6, 6.07) is 0. The minimum Gasteiger partial charge on any atom is -0.125 e. The summed E-state index contributed by atoms with van der Waals surface area (Å²) in [5.41, 5.74) is 0. The Hall–Kier alpha value is 4.30. The highest BCUT2D eigenvalue weighted by Gasteiger charge is 2.24. The third-order valence-electron chi connectivity index (χ3n) is 1.68. The van der Waals surface area contributed by atoms with Crippen LogP contribution in [-0.4, -0.2) is 25.7 Å². The van der Waals surface area contributed by atoms with Crippen LogP contribution in [0.15, 0.2) is 0 Å². The average molecular weight is 392 g/mol. The Labute approximate surface area is 113 Å². The van der Waals surface area contributed by atoms with Crippen molar-refractivity contribution < 1.29 is 0 Å². The monoisotopic (exact) mass is 392 g/mol. The van der Waals surface area contributed by atoms with Crippen molar-refractivity contribution in [1.82, 2.24) is 0 Å². The van der Waals surface area contributed by atoms with Gasteiger partial charge in [0.05, 0.1) is 0 Å². The van der Waals surface area contributed by atoms with Gasteiger partial charge in [-0.2, -0.15) is 0 Å². The first kappa shape index (κ1) is 19.3. The highest BCUT2D eigenvalue weighted by atomic mass is 33.1. The summed E-state index contributed by atoms with van der Waals surface area (Å²) in [5.74, 6) is 0. The van der Waals surface area contributed by atoms with Crippen LogP contribution in [0.1, 0.15) is 6.42 Å². The second-order valence-electron chi connectivity index (χ2n) is 2.93. The Balaban J connectivity index is 4.22. The molecule has 0 rings (SSSR count). The molecule has 0 nitrogen and oxygen atoms in total. The predicted octanol–water partition coefficient (Wildman–Crippen LogP) is 6.74. The summed E-state index contributed by atoms with van der Waals surface area (Å²) in [4.78, 5) is 0. The van der Waals surface area contributed by atoms with Crippen LogP contribution in [0.25, 0.3) is 0 Å². The van der Waals surface area contributed by atoms with Crippen molar-refractivity contribution in [3.8, 4) is 0 Å². The molecule has 0 aromatic heterocycles. The summed E-state index contributed by atoms with van der Waals surface area (Å²) in [6.07, 6.45) is 4.46. The van der Waals surface area contributed by atoms with E-state index < -0.39 is 0 Å². The Morgan fingerprint density at radius 1 is 1.20 bits per heavy atom. The van der Waals surface area contributed by atoms with Crippen LogP contribution in [0.3, 0.4) is 0 Å². The first-order chi connectivity index (χ1) is 7.04. The molecule has 0 spiro atoms. The van der Waals surface area contributed by atoms with Gasteiger partial charge in [-0.15, -0.1) is 44.3 Å². The molecule has 0 aliphatic rings. The maximum atomic E-state index is 3.11. The second-order valence-corrected chi connectivity index (χ2v) is 36.6. The Morgan fingerprint density at radius 3 is 2.13 bits per heavy atom. The molecule has 0 bridgehead atoms. The minimum absolute atomic E-state index is 0.168. The van der Waals surface area contributed by atoms with Crippen LogP contribution < -0.4 is 0 Å². The first-order valence-electron chi connectivity index (χ1n) is 4.50. The molecule has 10 heteroatoms. The van der Waals surface area contributed by atoms with Gasteiger partial charge in [-0.3, -0.25) is 0 Å². The predicted molar refractivity (Wildman–Crippen MR) is 109 cm³/mol. The van der Waals surface area contributed by atoms with E-state index in [1.165, 1.54) is 18.7 Å². The molecule has 0 saturated carbocycles. The lowest BCUT2D eigenvalue weighted by Crippen LogP contribution is -1.81. The molecule has 0 N–H and O–H groups in total. The van der Waals surface area contributed by atoms with Gasteiger partial charge in [-0.25, -0.2) is 0 Å². The average Bonchev–Trinajstić information content (AvgIpc) is 2.16. The van der Waals surface area contributed by atoms with Crippen molar-refractivity contribution in [2.24, 2.45) is 0 Å². The third-order valence-corrected chi connectivity index (χ3v) is 50.1. The molecule has 0 amide bonds. The first-order valence-corrected chi connectivity index (χ1v) is 22.8. The quantitative estimate of drug-likeness (QED) is 0.317. The van der Waals surface area contributed by atoms with Crippen molar-refractivity contribution in [3.63, 3.8) is 0 Å². The molecular weight excluding hydrogens is 370 g/mol. The van der Waals surface area contributed by atoms with E-state index in [1.54, 1.807) is 0 Å². The van der Waals surface area contributed by atoms with E-state index in [0.717, 1.165) is 16.5 Å². The summed E-state index contributed by atoms with van der Waals surface area (Å²) >= 11 is 0. The maximum Gasteiger partial charge on any atom is -0.0215 e. The summed E-state index contributed by atoms with van der Waals surface area (Å²) in [6.45, 7) is 5.29. The number of hydrogen-bond donors (Lipinski definition) is 0. The van der Waals surface area contributed by atoms with Crippen LogP contribution >= 0.6 is 80.8 Å². The van der Waals surface area contributed by atoms with Crippen molar-refractivity contribution in [2.45, 2.75) is 6.42 Å². The van der Waals surface area contributed by atoms with Crippen LogP contribution in [0, 0.1) is 0 Å². The Morgan fingerprint density at radius 2 is 1.80 bits per heavy atom. The van der Waals surface area contributed by atoms with Gasteiger partial charge in [0.25, 0.3) is 0 Å². The largest absolute Gasteiger partial charge is 0.125 e. The van der Waals surface area contributed by atoms with E-state index in [4.69, 9.17) is 0 Å². The van der Waals surface area contributed by atoms with Gasteiger partial charge >= 0.3 is 0 Å². The molecule has 0 aromatic carbocycles. The minimum atomic E-state index is 0.168. The topological polar surface area (TPSA) is 0 Å². The van der Waals surface area contributed by atoms with Crippen LogP contribution in [0.4, 0.5) is 0 Å². The van der Waals surface area contributed by atoms with Gasteiger partial charge in [-0.1, -0.05) is 15.3 Å². The molecule has 0 aliphatic heterocycles. The molecule has 92 valence electrons. The van der Waals surface area contributed by atoms with Crippen LogP contribution in [-0.2, 0) is 0 Å². The van der Waals surface area contributed by atoms with E-state index in [9.17, 15) is 0 Å². The van der Waals surface area contributed by atoms with Crippen LogP contribution in [0.5, 0.6) is 0 Å². The zero-order chi connectivity index (χ0) is 11.8. The molecule has 15 heavy (non-hydrogen) atoms. The van der Waals surface area contributed by atoms with E-state index in [1.807, 2.05) is 0 Å². The van der Waals surface area contributed by atoms with Gasteiger partial charge < -0.3 is 0 Å². The van der Waals surface area contributed by atoms with Gasteiger partial charge in [0.15, 0.2) is 0 Å². The van der Waals surface area contributed by atoms with Crippen molar-refractivity contribution in [2.75, 3.05) is 25.7 Å². The standard InChI is InChI=1S/C5H22P10/c1-10-4-3-5-13(14(8)9)15(11-6)12(2)7/h10-11H,3-9H2,1-2H3. The molecule has 9 atom stereocenters. The number of rotatable bonds is 8. The third kappa shape index (κ3) is 8.96. The number of hydrogen-bond acceptors (Lipinski definition) is 0. The van der Waals surface area contributed by atoms with E-state index in [2.05, 4.69) is 49.0 Å². The SMILES string of the molecule is CPCCCP(P(P)P)P(PP)P(C)P. The van der Waals surface area contributed by atoms with E-state index in [-0.39, 0.29) is 14.3 Å². The lowest BCUT2D eigenvalue weighted by atomic mass is 10.6. The van der Waals surface area contributed by atoms with Gasteiger partial charge in [0.1, 0.15) is 0 Å². The lowest BCUT2D eigenvalue weighted by Gasteiger charge is -2.32. The summed E-state index contributed by atoms with van der Waals surface area (Å²) < 4.78 is 0. The fraction of sp³-hybridized carbons (Fsp3) is 1.00. The second kappa shape index (κ2) is 12.1. The molecule has 0 fully saturated rings. The fourth-order valence-electron chi connectivity index (χ4n) is 1.03. The molecule has 0 aromatic rings. The highest BCUT2D eigenvalue weighted by Crippen LogP contribution is 3.07. The highest BCUT2D eigenvalue weighted by molar-refractivity contribution is 9.06.